The van der Waals surface area contributed by atoms with Gasteiger partial charge in [0.05, 0.1) is 6.04 Å². The highest BCUT2D eigenvalue weighted by molar-refractivity contribution is 5.84. The highest BCUT2D eigenvalue weighted by Gasteiger charge is 2.20. The largest absolute Gasteiger partial charge is 0.307 e. The third-order valence-electron chi connectivity index (χ3n) is 1.95. The molecule has 1 rings (SSSR count). The lowest BCUT2D eigenvalue weighted by Crippen LogP contribution is -2.30. The van der Waals surface area contributed by atoms with Gasteiger partial charge in [-0.25, -0.2) is 0 Å². The zero-order chi connectivity index (χ0) is 7.40. The molecule has 0 radical (unpaired) electrons. The van der Waals surface area contributed by atoms with Crippen molar-refractivity contribution in [2.75, 3.05) is 6.54 Å². The van der Waals surface area contributed by atoms with Crippen molar-refractivity contribution in [3.63, 3.8) is 0 Å². The lowest BCUT2D eigenvalue weighted by atomic mass is 10.1. The fourth-order valence-electron chi connectivity index (χ4n) is 1.38. The Morgan fingerprint density at radius 2 is 2.60 bits per heavy atom. The van der Waals surface area contributed by atoms with Gasteiger partial charge in [0, 0.05) is 7.85 Å². The van der Waals surface area contributed by atoms with Crippen LogP contribution in [0, 0.1) is 0 Å². The minimum absolute atomic E-state index is 0. The van der Waals surface area contributed by atoms with Crippen LogP contribution in [0.3, 0.4) is 0 Å². The molecule has 1 N–H and O–H groups in total. The molecule has 1 saturated heterocycles. The molecule has 10 heavy (non-hydrogen) atoms. The SMILES string of the molecule is CCCC(=O)C1CCCN1.[HH]. The zero-order valence-corrected chi connectivity index (χ0v) is 6.52. The minimum Gasteiger partial charge on any atom is -0.307 e. The van der Waals surface area contributed by atoms with Gasteiger partial charge < -0.3 is 5.32 Å². The van der Waals surface area contributed by atoms with E-state index in [4.69, 9.17) is 0 Å². The van der Waals surface area contributed by atoms with Crippen LogP contribution in [0.15, 0.2) is 0 Å². The molecule has 1 heterocycles. The van der Waals surface area contributed by atoms with E-state index in [9.17, 15) is 4.79 Å². The maximum atomic E-state index is 11.2. The monoisotopic (exact) mass is 143 g/mol. The fourth-order valence-corrected chi connectivity index (χ4v) is 1.38. The van der Waals surface area contributed by atoms with Crippen LogP contribution in [0.4, 0.5) is 0 Å². The van der Waals surface area contributed by atoms with E-state index < -0.39 is 0 Å². The van der Waals surface area contributed by atoms with E-state index in [1.165, 1.54) is 6.42 Å². The predicted molar refractivity (Wildman–Crippen MR) is 43.1 cm³/mol. The van der Waals surface area contributed by atoms with E-state index in [1.807, 2.05) is 6.92 Å². The first-order valence-electron chi connectivity index (χ1n) is 4.10. The van der Waals surface area contributed by atoms with Crippen LogP contribution in [-0.2, 0) is 4.79 Å². The van der Waals surface area contributed by atoms with E-state index in [1.54, 1.807) is 0 Å². The predicted octanol–water partition coefficient (Wildman–Crippen LogP) is 1.35. The molecular formula is C8H17NO. The number of Topliss-reactive ketones (excluding diaryl/α,β-unsaturated/α-hetero) is 1. The summed E-state index contributed by atoms with van der Waals surface area (Å²) in [7, 11) is 0. The molecule has 2 heteroatoms. The number of carbonyl (C=O) groups is 1. The zero-order valence-electron chi connectivity index (χ0n) is 6.52. The average Bonchev–Trinajstić information content (AvgIpc) is 2.38. The Hall–Kier alpha value is -0.370. The summed E-state index contributed by atoms with van der Waals surface area (Å²) in [6.45, 7) is 3.08. The number of rotatable bonds is 3. The van der Waals surface area contributed by atoms with E-state index in [0.29, 0.717) is 5.78 Å². The highest BCUT2D eigenvalue weighted by atomic mass is 16.1. The van der Waals surface area contributed by atoms with Crippen molar-refractivity contribution >= 4 is 5.78 Å². The summed E-state index contributed by atoms with van der Waals surface area (Å²) in [4.78, 5) is 11.2. The number of hydrogen-bond donors (Lipinski definition) is 1. The molecule has 0 aromatic heterocycles. The summed E-state index contributed by atoms with van der Waals surface area (Å²) in [5.74, 6) is 0.403. The van der Waals surface area contributed by atoms with Crippen molar-refractivity contribution in [3.05, 3.63) is 0 Å². The molecule has 0 aromatic carbocycles. The van der Waals surface area contributed by atoms with Crippen molar-refractivity contribution in [1.82, 2.24) is 5.32 Å². The van der Waals surface area contributed by atoms with Crippen LogP contribution < -0.4 is 5.32 Å². The topological polar surface area (TPSA) is 29.1 Å². The standard InChI is InChI=1S/C8H15NO.H2/c1-2-4-8(10)7-5-3-6-9-7;/h7,9H,2-6H2,1H3;1H. The number of hydrogen-bond acceptors (Lipinski definition) is 2. The second-order valence-corrected chi connectivity index (χ2v) is 2.87. The molecule has 60 valence electrons. The molecule has 1 unspecified atom stereocenters. The summed E-state index contributed by atoms with van der Waals surface area (Å²) in [6.07, 6.45) is 3.95. The van der Waals surface area contributed by atoms with Gasteiger partial charge in [-0.1, -0.05) is 6.92 Å². The summed E-state index contributed by atoms with van der Waals surface area (Å²) in [6, 6.07) is 0.194. The highest BCUT2D eigenvalue weighted by Crippen LogP contribution is 2.08. The van der Waals surface area contributed by atoms with Crippen LogP contribution in [0.5, 0.6) is 0 Å². The number of carbonyl (C=O) groups excluding carboxylic acids is 1. The van der Waals surface area contributed by atoms with Crippen molar-refractivity contribution in [1.29, 1.82) is 0 Å². The molecule has 2 nitrogen and oxygen atoms in total. The Balaban J connectivity index is 0.000001000. The van der Waals surface area contributed by atoms with Crippen molar-refractivity contribution in [3.8, 4) is 0 Å². The Labute approximate surface area is 63.5 Å². The van der Waals surface area contributed by atoms with Gasteiger partial charge in [0.25, 0.3) is 0 Å². The third-order valence-corrected chi connectivity index (χ3v) is 1.95. The Bertz CT molecular complexity index is 121. The molecular weight excluding hydrogens is 126 g/mol. The second-order valence-electron chi connectivity index (χ2n) is 2.87. The van der Waals surface area contributed by atoms with Crippen LogP contribution in [0.1, 0.15) is 34.0 Å². The van der Waals surface area contributed by atoms with Crippen LogP contribution >= 0.6 is 0 Å². The maximum Gasteiger partial charge on any atom is 0.149 e. The van der Waals surface area contributed by atoms with Crippen LogP contribution in [0.25, 0.3) is 0 Å². The first kappa shape index (κ1) is 7.73. The molecule has 1 aliphatic heterocycles. The fraction of sp³-hybridized carbons (Fsp3) is 0.875. The molecule has 0 amide bonds. The van der Waals surface area contributed by atoms with Gasteiger partial charge in [0.15, 0.2) is 0 Å². The van der Waals surface area contributed by atoms with E-state index in [0.717, 1.165) is 25.8 Å². The summed E-state index contributed by atoms with van der Waals surface area (Å²) in [5, 5.41) is 3.19. The molecule has 1 aliphatic rings. The molecule has 0 spiro atoms. The Morgan fingerprint density at radius 1 is 1.80 bits per heavy atom. The van der Waals surface area contributed by atoms with E-state index in [2.05, 4.69) is 5.32 Å². The lowest BCUT2D eigenvalue weighted by molar-refractivity contribution is -0.120. The normalized spacial score (nSPS) is 25.1. The lowest BCUT2D eigenvalue weighted by Gasteiger charge is -2.06. The average molecular weight is 143 g/mol. The van der Waals surface area contributed by atoms with Gasteiger partial charge >= 0.3 is 0 Å². The molecule has 0 aliphatic carbocycles. The second kappa shape index (κ2) is 3.71. The first-order valence-corrected chi connectivity index (χ1v) is 4.10. The van der Waals surface area contributed by atoms with Gasteiger partial charge in [-0.15, -0.1) is 0 Å². The van der Waals surface area contributed by atoms with Gasteiger partial charge in [-0.3, -0.25) is 4.79 Å². The number of ketones is 1. The maximum absolute atomic E-state index is 11.2. The minimum atomic E-state index is 0. The first-order chi connectivity index (χ1) is 4.84. The van der Waals surface area contributed by atoms with Gasteiger partial charge in [-0.05, 0) is 25.8 Å². The van der Waals surface area contributed by atoms with Gasteiger partial charge in [-0.2, -0.15) is 0 Å². The molecule has 0 bridgehead atoms. The quantitative estimate of drug-likeness (QED) is 0.646. The molecule has 0 aromatic rings. The smallest absolute Gasteiger partial charge is 0.149 e. The molecule has 0 saturated carbocycles. The molecule has 1 atom stereocenters. The van der Waals surface area contributed by atoms with Crippen molar-refractivity contribution in [2.45, 2.75) is 38.6 Å². The summed E-state index contributed by atoms with van der Waals surface area (Å²) < 4.78 is 0. The van der Waals surface area contributed by atoms with E-state index >= 15 is 0 Å². The summed E-state index contributed by atoms with van der Waals surface area (Å²) >= 11 is 0. The Kier molecular flexibility index (Phi) is 2.87. The van der Waals surface area contributed by atoms with Gasteiger partial charge in [0.1, 0.15) is 5.78 Å². The molecule has 1 fully saturated rings. The van der Waals surface area contributed by atoms with E-state index in [-0.39, 0.29) is 7.47 Å². The van der Waals surface area contributed by atoms with Crippen molar-refractivity contribution in [2.24, 2.45) is 0 Å². The van der Waals surface area contributed by atoms with Crippen LogP contribution in [-0.4, -0.2) is 18.4 Å². The van der Waals surface area contributed by atoms with Crippen LogP contribution in [0.2, 0.25) is 0 Å². The number of nitrogens with one attached hydrogen (secondary N) is 1. The Morgan fingerprint density at radius 3 is 3.10 bits per heavy atom. The van der Waals surface area contributed by atoms with Gasteiger partial charge in [0.2, 0.25) is 0 Å². The van der Waals surface area contributed by atoms with Crippen molar-refractivity contribution < 1.29 is 6.22 Å². The summed E-state index contributed by atoms with van der Waals surface area (Å²) in [5.41, 5.74) is 0. The third kappa shape index (κ3) is 1.81.